The zero-order valence-electron chi connectivity index (χ0n) is 19.0. The van der Waals surface area contributed by atoms with Crippen molar-refractivity contribution < 1.29 is 4.74 Å². The summed E-state index contributed by atoms with van der Waals surface area (Å²) in [4.78, 5) is 12.1. The molecule has 1 saturated heterocycles. The molecule has 0 spiro atoms. The summed E-state index contributed by atoms with van der Waals surface area (Å²) >= 11 is 0. The summed E-state index contributed by atoms with van der Waals surface area (Å²) in [5.41, 5.74) is 6.36. The Morgan fingerprint density at radius 3 is 2.58 bits per heavy atom. The van der Waals surface area contributed by atoms with Gasteiger partial charge in [0.2, 0.25) is 0 Å². The standard InChI is InChI=1S/C27H27N5O/c1-19-5-9-22(10-6-19)24-25(23-11-7-20(16-28)8-12-23)30-27(32-15-13-29-26(24)32)33-18-21-4-3-14-31(2)17-21/h5-13,15,21H,3-4,14,17-18H2,1-2H3. The van der Waals surface area contributed by atoms with Crippen LogP contribution < -0.4 is 4.74 Å². The fourth-order valence-electron chi connectivity index (χ4n) is 4.56. The summed E-state index contributed by atoms with van der Waals surface area (Å²) in [6.45, 7) is 4.89. The van der Waals surface area contributed by atoms with E-state index in [1.807, 2.05) is 34.9 Å². The molecule has 5 rings (SSSR count). The number of likely N-dealkylation sites (tertiary alicyclic amines) is 1. The number of ether oxygens (including phenoxy) is 1. The zero-order chi connectivity index (χ0) is 22.8. The van der Waals surface area contributed by atoms with Gasteiger partial charge < -0.3 is 9.64 Å². The van der Waals surface area contributed by atoms with E-state index in [9.17, 15) is 5.26 Å². The third-order valence-electron chi connectivity index (χ3n) is 6.31. The number of rotatable bonds is 5. The maximum Gasteiger partial charge on any atom is 0.302 e. The second-order valence-corrected chi connectivity index (χ2v) is 8.88. The molecular weight excluding hydrogens is 410 g/mol. The van der Waals surface area contributed by atoms with E-state index in [1.54, 1.807) is 6.20 Å². The van der Waals surface area contributed by atoms with Crippen molar-refractivity contribution in [2.75, 3.05) is 26.7 Å². The first-order valence-electron chi connectivity index (χ1n) is 11.4. The Kier molecular flexibility index (Phi) is 5.80. The number of nitriles is 1. The molecule has 1 unspecified atom stereocenters. The molecular formula is C27H27N5O. The number of aromatic nitrogens is 3. The molecule has 0 N–H and O–H groups in total. The Bertz CT molecular complexity index is 1300. The number of hydrogen-bond donors (Lipinski definition) is 0. The van der Waals surface area contributed by atoms with Crippen molar-refractivity contribution in [3.63, 3.8) is 0 Å². The van der Waals surface area contributed by atoms with E-state index in [1.165, 1.54) is 18.4 Å². The highest BCUT2D eigenvalue weighted by Gasteiger charge is 2.22. The molecule has 4 aromatic rings. The maximum absolute atomic E-state index is 9.23. The van der Waals surface area contributed by atoms with Crippen molar-refractivity contribution in [1.29, 1.82) is 5.26 Å². The Hall–Kier alpha value is -3.69. The predicted octanol–water partition coefficient (Wildman–Crippen LogP) is 4.96. The molecule has 3 heterocycles. The lowest BCUT2D eigenvalue weighted by molar-refractivity contribution is 0.143. The number of fused-ring (bicyclic) bond motifs is 1. The van der Waals surface area contributed by atoms with E-state index >= 15 is 0 Å². The van der Waals surface area contributed by atoms with Gasteiger partial charge in [-0.3, -0.25) is 4.40 Å². The molecule has 0 radical (unpaired) electrons. The SMILES string of the molecule is Cc1ccc(-c2c(-c3ccc(C#N)cc3)nc(OCC3CCCN(C)C3)n3ccnc23)cc1. The van der Waals surface area contributed by atoms with Crippen LogP contribution in [0.3, 0.4) is 0 Å². The average molecular weight is 438 g/mol. The van der Waals surface area contributed by atoms with Gasteiger partial charge in [0.05, 0.1) is 29.5 Å². The number of hydrogen-bond acceptors (Lipinski definition) is 5. The van der Waals surface area contributed by atoms with E-state index in [4.69, 9.17) is 9.72 Å². The van der Waals surface area contributed by atoms with Gasteiger partial charge in [-0.15, -0.1) is 0 Å². The van der Waals surface area contributed by atoms with E-state index in [0.29, 0.717) is 24.1 Å². The van der Waals surface area contributed by atoms with Crippen LogP contribution >= 0.6 is 0 Å². The summed E-state index contributed by atoms with van der Waals surface area (Å²) in [6.07, 6.45) is 6.06. The number of benzene rings is 2. The van der Waals surface area contributed by atoms with Crippen LogP contribution in [0.5, 0.6) is 6.01 Å². The van der Waals surface area contributed by atoms with Gasteiger partial charge in [-0.1, -0.05) is 42.0 Å². The molecule has 1 fully saturated rings. The van der Waals surface area contributed by atoms with Crippen molar-refractivity contribution in [3.8, 4) is 34.5 Å². The van der Waals surface area contributed by atoms with Crippen LogP contribution in [0.2, 0.25) is 0 Å². The highest BCUT2D eigenvalue weighted by atomic mass is 16.5. The van der Waals surface area contributed by atoms with Crippen molar-refractivity contribution in [2.45, 2.75) is 19.8 Å². The largest absolute Gasteiger partial charge is 0.464 e. The van der Waals surface area contributed by atoms with E-state index in [-0.39, 0.29) is 0 Å². The van der Waals surface area contributed by atoms with Gasteiger partial charge in [0.15, 0.2) is 5.65 Å². The summed E-state index contributed by atoms with van der Waals surface area (Å²) < 4.78 is 8.25. The average Bonchev–Trinajstić information content (AvgIpc) is 3.33. The van der Waals surface area contributed by atoms with E-state index < -0.39 is 0 Å². The van der Waals surface area contributed by atoms with Gasteiger partial charge in [0.1, 0.15) is 0 Å². The lowest BCUT2D eigenvalue weighted by atomic mass is 9.98. The second kappa shape index (κ2) is 9.05. The molecule has 0 saturated carbocycles. The smallest absolute Gasteiger partial charge is 0.302 e. The van der Waals surface area contributed by atoms with Crippen molar-refractivity contribution >= 4 is 5.65 Å². The predicted molar refractivity (Wildman–Crippen MR) is 129 cm³/mol. The molecule has 1 aliphatic rings. The Morgan fingerprint density at radius 1 is 1.09 bits per heavy atom. The minimum Gasteiger partial charge on any atom is -0.464 e. The Balaban J connectivity index is 1.61. The van der Waals surface area contributed by atoms with E-state index in [2.05, 4.69) is 54.2 Å². The molecule has 6 heteroatoms. The molecule has 0 bridgehead atoms. The normalized spacial score (nSPS) is 16.6. The highest BCUT2D eigenvalue weighted by molar-refractivity contribution is 5.90. The van der Waals surface area contributed by atoms with Crippen molar-refractivity contribution in [3.05, 3.63) is 72.1 Å². The molecule has 0 amide bonds. The van der Waals surface area contributed by atoms with Gasteiger partial charge in [0, 0.05) is 30.4 Å². The van der Waals surface area contributed by atoms with Crippen molar-refractivity contribution in [1.82, 2.24) is 19.3 Å². The molecule has 33 heavy (non-hydrogen) atoms. The second-order valence-electron chi connectivity index (χ2n) is 8.88. The number of piperidine rings is 1. The van der Waals surface area contributed by atoms with Gasteiger partial charge in [-0.2, -0.15) is 10.2 Å². The van der Waals surface area contributed by atoms with Crippen LogP contribution in [0.4, 0.5) is 0 Å². The first kappa shape index (κ1) is 21.2. The summed E-state index contributed by atoms with van der Waals surface area (Å²) in [5, 5.41) is 9.23. The number of aryl methyl sites for hydroxylation is 1. The summed E-state index contributed by atoms with van der Waals surface area (Å²) in [6, 6.07) is 18.7. The van der Waals surface area contributed by atoms with Gasteiger partial charge in [-0.05, 0) is 51.1 Å². The Labute approximate surface area is 194 Å². The molecule has 1 aliphatic heterocycles. The summed E-state index contributed by atoms with van der Waals surface area (Å²) in [7, 11) is 2.16. The third kappa shape index (κ3) is 4.33. The van der Waals surface area contributed by atoms with Gasteiger partial charge in [0.25, 0.3) is 0 Å². The molecule has 1 atom stereocenters. The first-order valence-corrected chi connectivity index (χ1v) is 11.4. The van der Waals surface area contributed by atoms with Crippen molar-refractivity contribution in [2.24, 2.45) is 5.92 Å². The monoisotopic (exact) mass is 437 g/mol. The van der Waals surface area contributed by atoms with Crippen LogP contribution in [0.15, 0.2) is 60.9 Å². The zero-order valence-corrected chi connectivity index (χ0v) is 19.0. The fraction of sp³-hybridized carbons (Fsp3) is 0.296. The molecule has 2 aromatic heterocycles. The summed E-state index contributed by atoms with van der Waals surface area (Å²) in [5.74, 6) is 0.485. The van der Waals surface area contributed by atoms with Crippen LogP contribution in [0.1, 0.15) is 24.0 Å². The molecule has 166 valence electrons. The lowest BCUT2D eigenvalue weighted by Gasteiger charge is -2.29. The minimum absolute atomic E-state index is 0.485. The molecule has 0 aliphatic carbocycles. The maximum atomic E-state index is 9.23. The molecule has 6 nitrogen and oxygen atoms in total. The lowest BCUT2D eigenvalue weighted by Crippen LogP contribution is -2.35. The van der Waals surface area contributed by atoms with Crippen LogP contribution in [0.25, 0.3) is 28.0 Å². The van der Waals surface area contributed by atoms with Crippen LogP contribution in [-0.4, -0.2) is 46.0 Å². The minimum atomic E-state index is 0.485. The van der Waals surface area contributed by atoms with Crippen LogP contribution in [0, 0.1) is 24.2 Å². The number of nitrogens with zero attached hydrogens (tertiary/aromatic N) is 5. The fourth-order valence-corrected chi connectivity index (χ4v) is 4.56. The van der Waals surface area contributed by atoms with Gasteiger partial charge >= 0.3 is 6.01 Å². The Morgan fingerprint density at radius 2 is 1.85 bits per heavy atom. The van der Waals surface area contributed by atoms with Gasteiger partial charge in [-0.25, -0.2) is 4.98 Å². The van der Waals surface area contributed by atoms with E-state index in [0.717, 1.165) is 41.1 Å². The topological polar surface area (TPSA) is 66.5 Å². The quantitative estimate of drug-likeness (QED) is 0.441. The number of imidazole rings is 1. The first-order chi connectivity index (χ1) is 16.1. The highest BCUT2D eigenvalue weighted by Crippen LogP contribution is 2.36. The third-order valence-corrected chi connectivity index (χ3v) is 6.31. The van der Waals surface area contributed by atoms with Crippen LogP contribution in [-0.2, 0) is 0 Å². The molecule has 2 aromatic carbocycles.